The van der Waals surface area contributed by atoms with Crippen LogP contribution in [0, 0.1) is 5.92 Å². The van der Waals surface area contributed by atoms with Gasteiger partial charge in [0, 0.05) is 13.0 Å². The van der Waals surface area contributed by atoms with Gasteiger partial charge in [0.25, 0.3) is 0 Å². The van der Waals surface area contributed by atoms with Crippen LogP contribution in [0.2, 0.25) is 0 Å². The van der Waals surface area contributed by atoms with Crippen LogP contribution in [0.15, 0.2) is 4.52 Å². The summed E-state index contributed by atoms with van der Waals surface area (Å²) in [7, 11) is 0. The van der Waals surface area contributed by atoms with E-state index in [2.05, 4.69) is 15.5 Å². The molecule has 0 spiro atoms. The third-order valence-corrected chi connectivity index (χ3v) is 3.11. The van der Waals surface area contributed by atoms with E-state index in [9.17, 15) is 0 Å². The SMILES string of the molecule is CCOCc1noc(CCC2CCCNC2)n1. The fourth-order valence-corrected chi connectivity index (χ4v) is 2.14. The van der Waals surface area contributed by atoms with Crippen LogP contribution in [0.3, 0.4) is 0 Å². The number of piperidine rings is 1. The van der Waals surface area contributed by atoms with E-state index in [1.54, 1.807) is 0 Å². The molecule has 2 heterocycles. The van der Waals surface area contributed by atoms with Crippen molar-refractivity contribution in [2.75, 3.05) is 19.7 Å². The van der Waals surface area contributed by atoms with Gasteiger partial charge in [0.2, 0.25) is 5.89 Å². The van der Waals surface area contributed by atoms with Gasteiger partial charge in [-0.1, -0.05) is 5.16 Å². The molecule has 0 bridgehead atoms. The third-order valence-electron chi connectivity index (χ3n) is 3.11. The molecule has 17 heavy (non-hydrogen) atoms. The van der Waals surface area contributed by atoms with Gasteiger partial charge in [-0.25, -0.2) is 0 Å². The van der Waals surface area contributed by atoms with E-state index < -0.39 is 0 Å². The van der Waals surface area contributed by atoms with Crippen LogP contribution in [0.25, 0.3) is 0 Å². The highest BCUT2D eigenvalue weighted by molar-refractivity contribution is 4.85. The summed E-state index contributed by atoms with van der Waals surface area (Å²) >= 11 is 0. The van der Waals surface area contributed by atoms with Gasteiger partial charge in [-0.3, -0.25) is 0 Å². The Morgan fingerprint density at radius 1 is 1.53 bits per heavy atom. The Bertz CT molecular complexity index is 321. The van der Waals surface area contributed by atoms with Gasteiger partial charge in [0.1, 0.15) is 6.61 Å². The van der Waals surface area contributed by atoms with Crippen LogP contribution in [-0.2, 0) is 17.8 Å². The smallest absolute Gasteiger partial charge is 0.226 e. The molecule has 1 aromatic rings. The summed E-state index contributed by atoms with van der Waals surface area (Å²) in [6, 6.07) is 0. The van der Waals surface area contributed by atoms with Crippen LogP contribution in [0.1, 0.15) is 37.9 Å². The van der Waals surface area contributed by atoms with Crippen molar-refractivity contribution in [1.29, 1.82) is 0 Å². The molecule has 0 radical (unpaired) electrons. The van der Waals surface area contributed by atoms with Crippen molar-refractivity contribution in [2.45, 2.75) is 39.2 Å². The van der Waals surface area contributed by atoms with E-state index in [1.165, 1.54) is 12.8 Å². The van der Waals surface area contributed by atoms with Gasteiger partial charge in [-0.15, -0.1) is 0 Å². The summed E-state index contributed by atoms with van der Waals surface area (Å²) < 4.78 is 10.4. The Morgan fingerprint density at radius 2 is 2.47 bits per heavy atom. The quantitative estimate of drug-likeness (QED) is 0.816. The van der Waals surface area contributed by atoms with Crippen molar-refractivity contribution in [3.05, 3.63) is 11.7 Å². The van der Waals surface area contributed by atoms with Gasteiger partial charge < -0.3 is 14.6 Å². The molecule has 96 valence electrons. The predicted octanol–water partition coefficient (Wildman–Crippen LogP) is 1.54. The molecule has 1 unspecified atom stereocenters. The number of rotatable bonds is 6. The zero-order valence-corrected chi connectivity index (χ0v) is 10.4. The predicted molar refractivity (Wildman–Crippen MR) is 63.5 cm³/mol. The van der Waals surface area contributed by atoms with Crippen molar-refractivity contribution in [3.63, 3.8) is 0 Å². The normalized spacial score (nSPS) is 20.6. The molecule has 2 rings (SSSR count). The molecule has 1 atom stereocenters. The first-order valence-corrected chi connectivity index (χ1v) is 6.48. The maximum absolute atomic E-state index is 5.23. The lowest BCUT2D eigenvalue weighted by Crippen LogP contribution is -2.29. The van der Waals surface area contributed by atoms with E-state index in [-0.39, 0.29) is 0 Å². The standard InChI is InChI=1S/C12H21N3O2/c1-2-16-9-11-14-12(17-15-11)6-5-10-4-3-7-13-8-10/h10,13H,2-9H2,1H3. The maximum Gasteiger partial charge on any atom is 0.226 e. The molecule has 1 saturated heterocycles. The lowest BCUT2D eigenvalue weighted by atomic mass is 9.95. The summed E-state index contributed by atoms with van der Waals surface area (Å²) in [4.78, 5) is 4.31. The number of hydrogen-bond acceptors (Lipinski definition) is 5. The Kier molecular flexibility index (Phi) is 4.94. The molecular weight excluding hydrogens is 218 g/mol. The number of hydrogen-bond donors (Lipinski definition) is 1. The van der Waals surface area contributed by atoms with Crippen LogP contribution >= 0.6 is 0 Å². The lowest BCUT2D eigenvalue weighted by molar-refractivity contribution is 0.126. The molecule has 1 aromatic heterocycles. The second kappa shape index (κ2) is 6.71. The number of nitrogens with one attached hydrogen (secondary N) is 1. The zero-order valence-electron chi connectivity index (χ0n) is 10.4. The van der Waals surface area contributed by atoms with E-state index in [1.807, 2.05) is 6.92 Å². The fraction of sp³-hybridized carbons (Fsp3) is 0.833. The third kappa shape index (κ3) is 4.09. The first-order valence-electron chi connectivity index (χ1n) is 6.48. The number of ether oxygens (including phenoxy) is 1. The van der Waals surface area contributed by atoms with Gasteiger partial charge in [-0.05, 0) is 45.2 Å². The Hall–Kier alpha value is -0.940. The van der Waals surface area contributed by atoms with Crippen LogP contribution in [-0.4, -0.2) is 29.8 Å². The van der Waals surface area contributed by atoms with Crippen molar-refractivity contribution in [3.8, 4) is 0 Å². The highest BCUT2D eigenvalue weighted by Crippen LogP contribution is 2.16. The molecule has 0 saturated carbocycles. The van der Waals surface area contributed by atoms with Crippen LogP contribution < -0.4 is 5.32 Å². The van der Waals surface area contributed by atoms with Crippen LogP contribution in [0.5, 0.6) is 0 Å². The summed E-state index contributed by atoms with van der Waals surface area (Å²) in [6.45, 7) is 5.37. The molecule has 1 N–H and O–H groups in total. The molecule has 5 nitrogen and oxygen atoms in total. The monoisotopic (exact) mass is 239 g/mol. The van der Waals surface area contributed by atoms with E-state index in [0.29, 0.717) is 19.0 Å². The molecule has 1 aliphatic heterocycles. The number of aromatic nitrogens is 2. The largest absolute Gasteiger partial charge is 0.374 e. The second-order valence-corrected chi connectivity index (χ2v) is 4.49. The maximum atomic E-state index is 5.23. The fourth-order valence-electron chi connectivity index (χ4n) is 2.14. The average molecular weight is 239 g/mol. The Morgan fingerprint density at radius 3 is 3.24 bits per heavy atom. The topological polar surface area (TPSA) is 60.2 Å². The van der Waals surface area contributed by atoms with E-state index in [0.717, 1.165) is 37.7 Å². The number of nitrogens with zero attached hydrogens (tertiary/aromatic N) is 2. The minimum atomic E-state index is 0.449. The molecule has 0 amide bonds. The number of aryl methyl sites for hydroxylation is 1. The summed E-state index contributed by atoms with van der Waals surface area (Å²) in [6.07, 6.45) is 4.60. The highest BCUT2D eigenvalue weighted by atomic mass is 16.5. The van der Waals surface area contributed by atoms with Gasteiger partial charge >= 0.3 is 0 Å². The Balaban J connectivity index is 1.72. The van der Waals surface area contributed by atoms with E-state index in [4.69, 9.17) is 9.26 Å². The van der Waals surface area contributed by atoms with E-state index >= 15 is 0 Å². The Labute approximate surface area is 102 Å². The van der Waals surface area contributed by atoms with Crippen molar-refractivity contribution < 1.29 is 9.26 Å². The summed E-state index contributed by atoms with van der Waals surface area (Å²) in [5, 5.41) is 7.31. The van der Waals surface area contributed by atoms with Gasteiger partial charge in [0.05, 0.1) is 0 Å². The van der Waals surface area contributed by atoms with Crippen LogP contribution in [0.4, 0.5) is 0 Å². The molecule has 5 heteroatoms. The minimum Gasteiger partial charge on any atom is -0.374 e. The average Bonchev–Trinajstić information content (AvgIpc) is 2.83. The summed E-state index contributed by atoms with van der Waals surface area (Å²) in [5.74, 6) is 2.15. The van der Waals surface area contributed by atoms with Gasteiger partial charge in [-0.2, -0.15) is 4.98 Å². The highest BCUT2D eigenvalue weighted by Gasteiger charge is 2.14. The van der Waals surface area contributed by atoms with Gasteiger partial charge in [0.15, 0.2) is 5.82 Å². The van der Waals surface area contributed by atoms with Crippen molar-refractivity contribution in [1.82, 2.24) is 15.5 Å². The van der Waals surface area contributed by atoms with Crippen molar-refractivity contribution in [2.24, 2.45) is 5.92 Å². The zero-order chi connectivity index (χ0) is 11.9. The molecule has 1 fully saturated rings. The molecule has 0 aromatic carbocycles. The molecule has 1 aliphatic rings. The second-order valence-electron chi connectivity index (χ2n) is 4.49. The molecular formula is C12H21N3O2. The van der Waals surface area contributed by atoms with Crippen molar-refractivity contribution >= 4 is 0 Å². The lowest BCUT2D eigenvalue weighted by Gasteiger charge is -2.21. The minimum absolute atomic E-state index is 0.449. The summed E-state index contributed by atoms with van der Waals surface area (Å²) in [5.41, 5.74) is 0. The molecule has 0 aliphatic carbocycles. The first kappa shape index (κ1) is 12.5. The first-order chi connectivity index (χ1) is 8.38.